The molecule has 0 bridgehead atoms. The van der Waals surface area contributed by atoms with Crippen LogP contribution in [0.1, 0.15) is 0 Å². The van der Waals surface area contributed by atoms with Gasteiger partial charge in [0.15, 0.2) is 0 Å². The molecule has 0 aliphatic rings. The predicted octanol–water partition coefficient (Wildman–Crippen LogP) is 2.09. The van der Waals surface area contributed by atoms with E-state index in [9.17, 15) is 4.79 Å². The lowest BCUT2D eigenvalue weighted by molar-refractivity contribution is -0.133. The Morgan fingerprint density at radius 1 is 1.44 bits per heavy atom. The second-order valence-corrected chi connectivity index (χ2v) is 4.23. The number of amidine groups is 1. The molecule has 6 heteroatoms. The Balaban J connectivity index is 2.64. The van der Waals surface area contributed by atoms with Crippen LogP contribution in [-0.4, -0.2) is 28.5 Å². The van der Waals surface area contributed by atoms with E-state index in [4.69, 9.17) is 22.4 Å². The number of alkyl halides is 1. The van der Waals surface area contributed by atoms with E-state index in [1.807, 2.05) is 0 Å². The van der Waals surface area contributed by atoms with Gasteiger partial charge in [-0.3, -0.25) is 4.79 Å². The molecule has 4 nitrogen and oxygen atoms in total. The van der Waals surface area contributed by atoms with Crippen LogP contribution in [-0.2, 0) is 4.79 Å². The van der Waals surface area contributed by atoms with Gasteiger partial charge in [0.2, 0.25) is 0 Å². The molecule has 0 amide bonds. The number of benzene rings is 1. The number of carbonyl (C=O) groups is 1. The normalized spacial score (nSPS) is 11.4. The molecule has 0 aliphatic carbocycles. The van der Waals surface area contributed by atoms with Crippen LogP contribution < -0.4 is 5.73 Å². The van der Waals surface area contributed by atoms with Crippen molar-refractivity contribution in [1.82, 2.24) is 0 Å². The number of nitrogens with zero attached hydrogens (tertiary/aromatic N) is 1. The van der Waals surface area contributed by atoms with Crippen LogP contribution in [0, 0.1) is 0 Å². The number of thioether (sulfide) groups is 1. The van der Waals surface area contributed by atoms with Crippen LogP contribution in [0.5, 0.6) is 0 Å². The molecule has 0 saturated heterocycles. The number of halogens is 1. The lowest BCUT2D eigenvalue weighted by atomic mass is 10.3. The molecule has 0 heterocycles. The first-order chi connectivity index (χ1) is 7.61. The van der Waals surface area contributed by atoms with Crippen LogP contribution in [0.3, 0.4) is 0 Å². The van der Waals surface area contributed by atoms with E-state index in [0.717, 1.165) is 4.90 Å². The van der Waals surface area contributed by atoms with Gasteiger partial charge < -0.3 is 10.8 Å². The molecule has 0 aliphatic heterocycles. The first-order valence-corrected chi connectivity index (χ1v) is 5.97. The maximum Gasteiger partial charge on any atom is 0.313 e. The van der Waals surface area contributed by atoms with E-state index >= 15 is 0 Å². The fraction of sp³-hybridized carbons (Fsp3) is 0.200. The third-order valence-corrected chi connectivity index (χ3v) is 2.88. The van der Waals surface area contributed by atoms with Crippen molar-refractivity contribution in [2.24, 2.45) is 10.7 Å². The summed E-state index contributed by atoms with van der Waals surface area (Å²) in [6.07, 6.45) is 0. The molecule has 3 N–H and O–H groups in total. The maximum absolute atomic E-state index is 10.4. The smallest absolute Gasteiger partial charge is 0.313 e. The molecule has 0 atom stereocenters. The minimum Gasteiger partial charge on any atom is -0.481 e. The molecule has 86 valence electrons. The molecule has 1 aromatic carbocycles. The number of aliphatic imine (C=N–C) groups is 1. The number of carboxylic acids is 1. The summed E-state index contributed by atoms with van der Waals surface area (Å²) in [4.78, 5) is 15.3. The fourth-order valence-corrected chi connectivity index (χ4v) is 1.64. The van der Waals surface area contributed by atoms with Crippen molar-refractivity contribution in [3.05, 3.63) is 24.3 Å². The Hall–Kier alpha value is -1.20. The Labute approximate surface area is 103 Å². The van der Waals surface area contributed by atoms with E-state index in [2.05, 4.69) is 4.99 Å². The average molecular weight is 259 g/mol. The monoisotopic (exact) mass is 258 g/mol. The molecule has 0 radical (unpaired) electrons. The highest BCUT2D eigenvalue weighted by Crippen LogP contribution is 2.21. The lowest BCUT2D eigenvalue weighted by Crippen LogP contribution is -2.12. The Morgan fingerprint density at radius 3 is 2.56 bits per heavy atom. The summed E-state index contributed by atoms with van der Waals surface area (Å²) in [5.41, 5.74) is 6.18. The van der Waals surface area contributed by atoms with Crippen molar-refractivity contribution in [1.29, 1.82) is 0 Å². The Bertz CT molecular complexity index is 392. The van der Waals surface area contributed by atoms with Gasteiger partial charge in [0.05, 0.1) is 17.3 Å². The van der Waals surface area contributed by atoms with Crippen LogP contribution in [0.15, 0.2) is 34.2 Å². The first-order valence-electron chi connectivity index (χ1n) is 4.45. The van der Waals surface area contributed by atoms with Gasteiger partial charge in [0, 0.05) is 4.90 Å². The number of rotatable bonds is 5. The summed E-state index contributed by atoms with van der Waals surface area (Å²) in [6, 6.07) is 7.13. The molecule has 0 saturated carbocycles. The minimum absolute atomic E-state index is 0.0480. The fourth-order valence-electron chi connectivity index (χ4n) is 0.958. The summed E-state index contributed by atoms with van der Waals surface area (Å²) in [6.45, 7) is 0. The van der Waals surface area contributed by atoms with Crippen molar-refractivity contribution >= 4 is 40.9 Å². The van der Waals surface area contributed by atoms with Crippen molar-refractivity contribution < 1.29 is 9.90 Å². The van der Waals surface area contributed by atoms with Gasteiger partial charge in [-0.15, -0.1) is 23.4 Å². The van der Waals surface area contributed by atoms with E-state index in [-0.39, 0.29) is 11.6 Å². The summed E-state index contributed by atoms with van der Waals surface area (Å²) in [5.74, 6) is -0.242. The minimum atomic E-state index is -0.835. The zero-order valence-corrected chi connectivity index (χ0v) is 9.96. The third-order valence-electron chi connectivity index (χ3n) is 1.61. The SMILES string of the molecule is NC(CCl)=Nc1ccc(SCC(=O)O)cc1. The van der Waals surface area contributed by atoms with Crippen molar-refractivity contribution in [3.8, 4) is 0 Å². The third kappa shape index (κ3) is 4.55. The summed E-state index contributed by atoms with van der Waals surface area (Å²) >= 11 is 6.75. The van der Waals surface area contributed by atoms with Gasteiger partial charge in [-0.25, -0.2) is 4.99 Å². The second-order valence-electron chi connectivity index (χ2n) is 2.91. The van der Waals surface area contributed by atoms with Crippen LogP contribution in [0.25, 0.3) is 0 Å². The molecule has 16 heavy (non-hydrogen) atoms. The van der Waals surface area contributed by atoms with E-state index in [0.29, 0.717) is 11.5 Å². The zero-order chi connectivity index (χ0) is 12.0. The summed E-state index contributed by atoms with van der Waals surface area (Å²) in [5, 5.41) is 8.51. The standard InChI is InChI=1S/C10H11ClN2O2S/c11-5-9(12)13-7-1-3-8(4-2-7)16-6-10(14)15/h1-4H,5-6H2,(H2,12,13)(H,14,15). The van der Waals surface area contributed by atoms with Crippen LogP contribution >= 0.6 is 23.4 Å². The zero-order valence-electron chi connectivity index (χ0n) is 8.39. The molecule has 0 fully saturated rings. The number of nitrogens with two attached hydrogens (primary N) is 1. The lowest BCUT2D eigenvalue weighted by Gasteiger charge is -2.00. The van der Waals surface area contributed by atoms with E-state index < -0.39 is 5.97 Å². The molecular weight excluding hydrogens is 248 g/mol. The molecule has 1 rings (SSSR count). The van der Waals surface area contributed by atoms with Crippen LogP contribution in [0.2, 0.25) is 0 Å². The predicted molar refractivity (Wildman–Crippen MR) is 66.8 cm³/mol. The van der Waals surface area contributed by atoms with Gasteiger partial charge in [-0.2, -0.15) is 0 Å². The highest BCUT2D eigenvalue weighted by molar-refractivity contribution is 8.00. The van der Waals surface area contributed by atoms with Crippen molar-refractivity contribution in [2.75, 3.05) is 11.6 Å². The van der Waals surface area contributed by atoms with Gasteiger partial charge in [-0.05, 0) is 24.3 Å². The highest BCUT2D eigenvalue weighted by Gasteiger charge is 1.99. The number of hydrogen-bond donors (Lipinski definition) is 2. The quantitative estimate of drug-likeness (QED) is 0.367. The van der Waals surface area contributed by atoms with Gasteiger partial charge in [-0.1, -0.05) is 0 Å². The highest BCUT2D eigenvalue weighted by atomic mass is 35.5. The Morgan fingerprint density at radius 2 is 2.06 bits per heavy atom. The largest absolute Gasteiger partial charge is 0.481 e. The average Bonchev–Trinajstić information content (AvgIpc) is 2.28. The molecule has 0 aromatic heterocycles. The molecular formula is C10H11ClN2O2S. The maximum atomic E-state index is 10.4. The first kappa shape index (κ1) is 12.9. The van der Waals surface area contributed by atoms with Gasteiger partial charge in [0.25, 0.3) is 0 Å². The molecule has 1 aromatic rings. The van der Waals surface area contributed by atoms with E-state index in [1.165, 1.54) is 11.8 Å². The number of aliphatic carboxylic acids is 1. The number of hydrogen-bond acceptors (Lipinski definition) is 3. The van der Waals surface area contributed by atoms with Crippen molar-refractivity contribution in [2.45, 2.75) is 4.90 Å². The van der Waals surface area contributed by atoms with Crippen molar-refractivity contribution in [3.63, 3.8) is 0 Å². The second kappa shape index (κ2) is 6.40. The summed E-state index contributed by atoms with van der Waals surface area (Å²) in [7, 11) is 0. The van der Waals surface area contributed by atoms with Crippen LogP contribution in [0.4, 0.5) is 5.69 Å². The van der Waals surface area contributed by atoms with Gasteiger partial charge in [0.1, 0.15) is 5.84 Å². The topological polar surface area (TPSA) is 75.7 Å². The summed E-state index contributed by atoms with van der Waals surface area (Å²) < 4.78 is 0. The molecule has 0 unspecified atom stereocenters. The number of carboxylic acid groups (broad SMARTS) is 1. The van der Waals surface area contributed by atoms with Gasteiger partial charge >= 0.3 is 5.97 Å². The van der Waals surface area contributed by atoms with E-state index in [1.54, 1.807) is 24.3 Å². The molecule has 0 spiro atoms. The Kier molecular flexibility index (Phi) is 5.14.